The quantitative estimate of drug-likeness (QED) is 0.317. The summed E-state index contributed by atoms with van der Waals surface area (Å²) in [5.74, 6) is 1.00. The molecule has 2 aromatic carbocycles. The molecule has 1 saturated heterocycles. The number of nitrogens with zero attached hydrogens (tertiary/aromatic N) is 7. The molecule has 6 rings (SSSR count). The number of fused-ring (bicyclic) bond motifs is 2. The van der Waals surface area contributed by atoms with Gasteiger partial charge in [0, 0.05) is 88.9 Å². The Morgan fingerprint density at radius 2 is 1.74 bits per heavy atom. The van der Waals surface area contributed by atoms with Crippen LogP contribution in [0, 0.1) is 5.82 Å². The summed E-state index contributed by atoms with van der Waals surface area (Å²) in [5, 5.41) is 4.20. The summed E-state index contributed by atoms with van der Waals surface area (Å²) >= 11 is 0. The number of ether oxygens (including phenoxy) is 1. The molecule has 0 aliphatic carbocycles. The van der Waals surface area contributed by atoms with E-state index in [1.54, 1.807) is 60.3 Å². The third kappa shape index (κ3) is 4.56. The van der Waals surface area contributed by atoms with E-state index in [1.807, 2.05) is 21.6 Å². The Morgan fingerprint density at radius 3 is 2.36 bits per heavy atom. The fourth-order valence-electron chi connectivity index (χ4n) is 5.93. The van der Waals surface area contributed by atoms with Crippen molar-refractivity contribution in [2.75, 3.05) is 13.1 Å². The summed E-state index contributed by atoms with van der Waals surface area (Å²) in [7, 11) is 5.27. The molecular weight excluding hydrogens is 537 g/mol. The molecule has 1 aliphatic rings. The summed E-state index contributed by atoms with van der Waals surface area (Å²) in [4.78, 5) is 31.7. The molecule has 0 bridgehead atoms. The minimum atomic E-state index is -0.387. The number of halogens is 1. The van der Waals surface area contributed by atoms with Crippen molar-refractivity contribution < 1.29 is 13.9 Å². The van der Waals surface area contributed by atoms with Gasteiger partial charge in [-0.3, -0.25) is 23.2 Å². The summed E-state index contributed by atoms with van der Waals surface area (Å²) in [5.41, 5.74) is 3.93. The first-order valence-corrected chi connectivity index (χ1v) is 14.2. The molecule has 11 heteroatoms. The molecule has 0 unspecified atom stereocenters. The zero-order valence-corrected chi connectivity index (χ0v) is 25.1. The molecule has 10 nitrogen and oxygen atoms in total. The lowest BCUT2D eigenvalue weighted by Gasteiger charge is -2.31. The molecule has 1 aliphatic heterocycles. The zero-order valence-electron chi connectivity index (χ0n) is 25.1. The third-order valence-electron chi connectivity index (χ3n) is 8.18. The highest BCUT2D eigenvalue weighted by Gasteiger charge is 2.28. The number of benzene rings is 2. The van der Waals surface area contributed by atoms with E-state index >= 15 is 4.39 Å². The van der Waals surface area contributed by atoms with Crippen molar-refractivity contribution in [3.8, 4) is 22.6 Å². The van der Waals surface area contributed by atoms with Crippen molar-refractivity contribution in [1.29, 1.82) is 0 Å². The van der Waals surface area contributed by atoms with E-state index < -0.39 is 0 Å². The average molecular weight is 574 g/mol. The molecule has 1 fully saturated rings. The van der Waals surface area contributed by atoms with Crippen LogP contribution in [0.5, 0.6) is 5.75 Å². The number of hydrogen-bond acceptors (Lipinski definition) is 5. The lowest BCUT2D eigenvalue weighted by atomic mass is 9.95. The van der Waals surface area contributed by atoms with Crippen molar-refractivity contribution in [2.24, 2.45) is 21.1 Å². The zero-order chi connectivity index (χ0) is 30.1. The second kappa shape index (κ2) is 9.85. The third-order valence-corrected chi connectivity index (χ3v) is 8.18. The van der Waals surface area contributed by atoms with Crippen molar-refractivity contribution in [2.45, 2.75) is 52.1 Å². The number of aromatic nitrogens is 6. The van der Waals surface area contributed by atoms with Gasteiger partial charge in [-0.25, -0.2) is 14.2 Å². The predicted molar refractivity (Wildman–Crippen MR) is 160 cm³/mol. The van der Waals surface area contributed by atoms with Gasteiger partial charge in [-0.05, 0) is 12.1 Å². The summed E-state index contributed by atoms with van der Waals surface area (Å²) < 4.78 is 29.1. The summed E-state index contributed by atoms with van der Waals surface area (Å²) in [6.45, 7) is 9.03. The predicted octanol–water partition coefficient (Wildman–Crippen LogP) is 4.44. The van der Waals surface area contributed by atoms with Crippen LogP contribution in [0.15, 0.2) is 41.5 Å². The summed E-state index contributed by atoms with van der Waals surface area (Å²) in [6, 6.07) is 7.14. The molecule has 42 heavy (non-hydrogen) atoms. The standard InChI is InChI=1S/C31H36FN7O3/c1-18(40)38-10-8-21(9-11-38)42-27-13-20(12-26-28(27)37(7)30(41)36(26)6)39-25-15-23(32)22(19-16-33-35(5)17-19)14-24(25)34-29(39)31(2,3)4/h12-17,21H,8-11H2,1-7H3. The van der Waals surface area contributed by atoms with Gasteiger partial charge in [0.2, 0.25) is 5.91 Å². The van der Waals surface area contributed by atoms with Gasteiger partial charge in [-0.1, -0.05) is 20.8 Å². The van der Waals surface area contributed by atoms with Crippen LogP contribution in [0.1, 0.15) is 46.4 Å². The molecule has 0 spiro atoms. The van der Waals surface area contributed by atoms with Crippen LogP contribution >= 0.6 is 0 Å². The van der Waals surface area contributed by atoms with Crippen molar-refractivity contribution in [1.82, 2.24) is 33.4 Å². The van der Waals surface area contributed by atoms with Gasteiger partial charge in [0.1, 0.15) is 29.0 Å². The fraction of sp³-hybridized carbons (Fsp3) is 0.419. The molecular formula is C31H36FN7O3. The number of rotatable bonds is 4. The van der Waals surface area contributed by atoms with Crippen LogP contribution in [0.2, 0.25) is 0 Å². The minimum Gasteiger partial charge on any atom is -0.488 e. The lowest BCUT2D eigenvalue weighted by molar-refractivity contribution is -0.130. The van der Waals surface area contributed by atoms with Gasteiger partial charge in [-0.15, -0.1) is 0 Å². The van der Waals surface area contributed by atoms with Crippen LogP contribution in [0.3, 0.4) is 0 Å². The number of hydrogen-bond donors (Lipinski definition) is 0. The first-order valence-electron chi connectivity index (χ1n) is 14.2. The Balaban J connectivity index is 1.55. The van der Waals surface area contributed by atoms with Crippen LogP contribution in [0.4, 0.5) is 4.39 Å². The Hall–Kier alpha value is -4.41. The average Bonchev–Trinajstić information content (AvgIpc) is 3.59. The number of imidazole rings is 2. The molecule has 1 amide bonds. The lowest BCUT2D eigenvalue weighted by Crippen LogP contribution is -2.40. The Kier molecular flexibility index (Phi) is 6.51. The Bertz CT molecular complexity index is 1910. The molecule has 0 atom stereocenters. The number of carbonyl (C=O) groups is 1. The van der Waals surface area contributed by atoms with Gasteiger partial charge in [0.05, 0.1) is 28.4 Å². The molecule has 5 aromatic rings. The highest BCUT2D eigenvalue weighted by atomic mass is 19.1. The minimum absolute atomic E-state index is 0.0592. The molecule has 0 radical (unpaired) electrons. The van der Waals surface area contributed by atoms with Gasteiger partial charge in [0.15, 0.2) is 0 Å². The van der Waals surface area contributed by atoms with E-state index in [4.69, 9.17) is 9.72 Å². The van der Waals surface area contributed by atoms with Crippen molar-refractivity contribution in [3.05, 3.63) is 58.8 Å². The van der Waals surface area contributed by atoms with E-state index in [0.29, 0.717) is 64.9 Å². The van der Waals surface area contributed by atoms with E-state index in [2.05, 4.69) is 25.9 Å². The topological polar surface area (TPSA) is 92.1 Å². The summed E-state index contributed by atoms with van der Waals surface area (Å²) in [6.07, 6.45) is 4.68. The van der Waals surface area contributed by atoms with Crippen molar-refractivity contribution >= 4 is 28.0 Å². The SMILES string of the molecule is CC(=O)N1CCC(Oc2cc(-n3c(C(C)(C)C)nc4cc(-c5cnn(C)c5)c(F)cc43)cc3c2n(C)c(=O)n3C)CC1. The molecule has 0 saturated carbocycles. The largest absolute Gasteiger partial charge is 0.488 e. The highest BCUT2D eigenvalue weighted by molar-refractivity contribution is 5.88. The number of likely N-dealkylation sites (tertiary alicyclic amines) is 1. The smallest absolute Gasteiger partial charge is 0.328 e. The molecule has 220 valence electrons. The molecule has 4 heterocycles. The number of piperidine rings is 1. The molecule has 0 N–H and O–H groups in total. The monoisotopic (exact) mass is 573 g/mol. The fourth-order valence-corrected chi connectivity index (χ4v) is 5.93. The van der Waals surface area contributed by atoms with Gasteiger partial charge in [0.25, 0.3) is 0 Å². The first kappa shape index (κ1) is 27.7. The molecule has 3 aromatic heterocycles. The Morgan fingerprint density at radius 1 is 1.02 bits per heavy atom. The van der Waals surface area contributed by atoms with E-state index in [-0.39, 0.29) is 28.9 Å². The number of carbonyl (C=O) groups excluding carboxylic acids is 1. The first-order chi connectivity index (χ1) is 19.8. The second-order valence-electron chi connectivity index (χ2n) is 12.3. The van der Waals surface area contributed by atoms with E-state index in [0.717, 1.165) is 11.5 Å². The second-order valence-corrected chi connectivity index (χ2v) is 12.3. The van der Waals surface area contributed by atoms with E-state index in [9.17, 15) is 9.59 Å². The number of aryl methyl sites for hydroxylation is 3. The van der Waals surface area contributed by atoms with Crippen LogP contribution in [0.25, 0.3) is 38.9 Å². The maximum Gasteiger partial charge on any atom is 0.328 e. The van der Waals surface area contributed by atoms with Crippen LogP contribution in [-0.2, 0) is 31.4 Å². The maximum atomic E-state index is 15.7. The van der Waals surface area contributed by atoms with Crippen LogP contribution < -0.4 is 10.4 Å². The highest BCUT2D eigenvalue weighted by Crippen LogP contribution is 2.37. The van der Waals surface area contributed by atoms with Crippen LogP contribution in [-0.4, -0.2) is 58.5 Å². The normalized spacial score (nSPS) is 14.8. The Labute approximate surface area is 242 Å². The van der Waals surface area contributed by atoms with Gasteiger partial charge < -0.3 is 9.64 Å². The van der Waals surface area contributed by atoms with Crippen molar-refractivity contribution in [3.63, 3.8) is 0 Å². The number of amides is 1. The maximum absolute atomic E-state index is 15.7. The van der Waals surface area contributed by atoms with Gasteiger partial charge in [-0.2, -0.15) is 5.10 Å². The van der Waals surface area contributed by atoms with Gasteiger partial charge >= 0.3 is 5.69 Å². The van der Waals surface area contributed by atoms with E-state index in [1.165, 1.54) is 6.07 Å².